The molecule has 6 heteroatoms. The van der Waals surface area contributed by atoms with E-state index in [9.17, 15) is 0 Å². The number of nitrogens with zero attached hydrogens (tertiary/aromatic N) is 2. The molecule has 18 heavy (non-hydrogen) atoms. The van der Waals surface area contributed by atoms with Gasteiger partial charge in [0.2, 0.25) is 0 Å². The molecule has 0 saturated heterocycles. The molecule has 0 unspecified atom stereocenters. The molecule has 0 aromatic carbocycles. The van der Waals surface area contributed by atoms with E-state index < -0.39 is 0 Å². The molecule has 102 valence electrons. The minimum Gasteiger partial charge on any atom is -0.354 e. The van der Waals surface area contributed by atoms with Crippen LogP contribution in [0.4, 0.5) is 0 Å². The summed E-state index contributed by atoms with van der Waals surface area (Å²) in [5, 5.41) is 7.84. The van der Waals surface area contributed by atoms with Crippen LogP contribution in [0.2, 0.25) is 0 Å². The van der Waals surface area contributed by atoms with Crippen LogP contribution in [0.1, 0.15) is 34.8 Å². The molecule has 1 aliphatic carbocycles. The van der Waals surface area contributed by atoms with E-state index in [0.29, 0.717) is 6.04 Å². The lowest BCUT2D eigenvalue weighted by Crippen LogP contribution is -2.45. The van der Waals surface area contributed by atoms with Crippen LogP contribution in [-0.4, -0.2) is 24.0 Å². The van der Waals surface area contributed by atoms with Crippen LogP contribution in [-0.2, 0) is 6.54 Å². The SMILES string of the molecule is CN=C(NCc1nc(C)c(C)s1)NC1CCC1.I. The number of hydrogen-bond acceptors (Lipinski definition) is 3. The van der Waals surface area contributed by atoms with Crippen molar-refractivity contribution in [3.05, 3.63) is 15.6 Å². The van der Waals surface area contributed by atoms with Crippen molar-refractivity contribution < 1.29 is 0 Å². The summed E-state index contributed by atoms with van der Waals surface area (Å²) in [7, 11) is 1.81. The summed E-state index contributed by atoms with van der Waals surface area (Å²) < 4.78 is 0. The highest BCUT2D eigenvalue weighted by Crippen LogP contribution is 2.18. The maximum Gasteiger partial charge on any atom is 0.191 e. The number of halogens is 1. The van der Waals surface area contributed by atoms with E-state index in [1.54, 1.807) is 11.3 Å². The number of hydrogen-bond donors (Lipinski definition) is 2. The third-order valence-electron chi connectivity index (χ3n) is 3.15. The molecule has 1 saturated carbocycles. The average molecular weight is 380 g/mol. The van der Waals surface area contributed by atoms with Crippen molar-refractivity contribution in [3.63, 3.8) is 0 Å². The number of aromatic nitrogens is 1. The van der Waals surface area contributed by atoms with E-state index in [0.717, 1.165) is 23.2 Å². The summed E-state index contributed by atoms with van der Waals surface area (Å²) in [6.45, 7) is 4.92. The Balaban J connectivity index is 0.00000162. The van der Waals surface area contributed by atoms with Gasteiger partial charge in [0.1, 0.15) is 5.01 Å². The monoisotopic (exact) mass is 380 g/mol. The molecule has 2 rings (SSSR count). The van der Waals surface area contributed by atoms with E-state index in [1.165, 1.54) is 24.1 Å². The van der Waals surface area contributed by atoms with Gasteiger partial charge in [0, 0.05) is 18.0 Å². The number of aryl methyl sites for hydroxylation is 2. The first kappa shape index (κ1) is 15.7. The van der Waals surface area contributed by atoms with Gasteiger partial charge in [0.15, 0.2) is 5.96 Å². The summed E-state index contributed by atoms with van der Waals surface area (Å²) in [4.78, 5) is 10.0. The smallest absolute Gasteiger partial charge is 0.191 e. The Hall–Kier alpha value is -0.370. The molecular weight excluding hydrogens is 359 g/mol. The van der Waals surface area contributed by atoms with Crippen molar-refractivity contribution >= 4 is 41.3 Å². The van der Waals surface area contributed by atoms with Gasteiger partial charge in [-0.05, 0) is 33.1 Å². The standard InChI is InChI=1S/C12H20N4S.HI/c1-8-9(2)17-11(15-8)7-14-12(13-3)16-10-5-4-6-10;/h10H,4-7H2,1-3H3,(H2,13,14,16);1H. The van der Waals surface area contributed by atoms with Gasteiger partial charge < -0.3 is 10.6 Å². The van der Waals surface area contributed by atoms with Crippen LogP contribution in [0.3, 0.4) is 0 Å². The molecule has 0 bridgehead atoms. The highest BCUT2D eigenvalue weighted by Gasteiger charge is 2.18. The summed E-state index contributed by atoms with van der Waals surface area (Å²) in [5.41, 5.74) is 1.13. The predicted octanol–water partition coefficient (Wildman–Crippen LogP) is 2.60. The van der Waals surface area contributed by atoms with Crippen molar-refractivity contribution in [3.8, 4) is 0 Å². The summed E-state index contributed by atoms with van der Waals surface area (Å²) in [5.74, 6) is 0.889. The van der Waals surface area contributed by atoms with Gasteiger partial charge >= 0.3 is 0 Å². The van der Waals surface area contributed by atoms with E-state index >= 15 is 0 Å². The van der Waals surface area contributed by atoms with Gasteiger partial charge in [0.25, 0.3) is 0 Å². The van der Waals surface area contributed by atoms with Crippen LogP contribution in [0.25, 0.3) is 0 Å². The lowest BCUT2D eigenvalue weighted by atomic mass is 9.93. The second-order valence-corrected chi connectivity index (χ2v) is 5.73. The first-order chi connectivity index (χ1) is 8.19. The van der Waals surface area contributed by atoms with Crippen LogP contribution >= 0.6 is 35.3 Å². The van der Waals surface area contributed by atoms with Gasteiger partial charge in [-0.3, -0.25) is 4.99 Å². The lowest BCUT2D eigenvalue weighted by Gasteiger charge is -2.28. The number of aliphatic imine (C=N–C) groups is 1. The van der Waals surface area contributed by atoms with Crippen molar-refractivity contribution in [2.24, 2.45) is 4.99 Å². The number of thiazole rings is 1. The second-order valence-electron chi connectivity index (χ2n) is 4.45. The van der Waals surface area contributed by atoms with Gasteiger partial charge in [-0.15, -0.1) is 35.3 Å². The molecule has 1 aromatic heterocycles. The highest BCUT2D eigenvalue weighted by molar-refractivity contribution is 14.0. The first-order valence-corrected chi connectivity index (χ1v) is 6.91. The zero-order valence-corrected chi connectivity index (χ0v) is 14.3. The van der Waals surface area contributed by atoms with Crippen LogP contribution in [0.5, 0.6) is 0 Å². The second kappa shape index (κ2) is 7.28. The Labute approximate surface area is 130 Å². The largest absolute Gasteiger partial charge is 0.354 e. The fourth-order valence-corrected chi connectivity index (χ4v) is 2.59. The zero-order valence-electron chi connectivity index (χ0n) is 11.1. The van der Waals surface area contributed by atoms with E-state index in [4.69, 9.17) is 0 Å². The van der Waals surface area contributed by atoms with E-state index in [1.807, 2.05) is 7.05 Å². The number of nitrogens with one attached hydrogen (secondary N) is 2. The average Bonchev–Trinajstić information content (AvgIpc) is 2.56. The third-order valence-corrected chi connectivity index (χ3v) is 4.22. The molecule has 1 aliphatic rings. The summed E-state index contributed by atoms with van der Waals surface area (Å²) >= 11 is 1.75. The molecular formula is C12H21IN4S. The summed E-state index contributed by atoms with van der Waals surface area (Å²) in [6, 6.07) is 0.612. The minimum absolute atomic E-state index is 0. The van der Waals surface area contributed by atoms with Crippen molar-refractivity contribution in [2.75, 3.05) is 7.05 Å². The topological polar surface area (TPSA) is 49.3 Å². The molecule has 0 spiro atoms. The Morgan fingerprint density at radius 3 is 2.61 bits per heavy atom. The Kier molecular flexibility index (Phi) is 6.34. The van der Waals surface area contributed by atoms with E-state index in [2.05, 4.69) is 34.5 Å². The normalized spacial score (nSPS) is 15.8. The van der Waals surface area contributed by atoms with Gasteiger partial charge in [-0.25, -0.2) is 4.98 Å². The molecule has 1 aromatic rings. The molecule has 0 amide bonds. The Bertz CT molecular complexity index is 393. The quantitative estimate of drug-likeness (QED) is 0.482. The maximum absolute atomic E-state index is 4.50. The molecule has 0 aliphatic heterocycles. The van der Waals surface area contributed by atoms with Crippen molar-refractivity contribution in [1.82, 2.24) is 15.6 Å². The van der Waals surface area contributed by atoms with Crippen LogP contribution < -0.4 is 10.6 Å². The number of guanidine groups is 1. The molecule has 0 radical (unpaired) electrons. The highest BCUT2D eigenvalue weighted by atomic mass is 127. The third kappa shape index (κ3) is 4.08. The fraction of sp³-hybridized carbons (Fsp3) is 0.667. The van der Waals surface area contributed by atoms with Crippen LogP contribution in [0, 0.1) is 13.8 Å². The van der Waals surface area contributed by atoms with Crippen molar-refractivity contribution in [2.45, 2.75) is 45.7 Å². The molecule has 2 N–H and O–H groups in total. The molecule has 1 fully saturated rings. The zero-order chi connectivity index (χ0) is 12.3. The molecule has 0 atom stereocenters. The Morgan fingerprint density at radius 2 is 2.17 bits per heavy atom. The molecule has 4 nitrogen and oxygen atoms in total. The number of rotatable bonds is 3. The maximum atomic E-state index is 4.50. The van der Waals surface area contributed by atoms with Crippen LogP contribution in [0.15, 0.2) is 4.99 Å². The fourth-order valence-electron chi connectivity index (χ4n) is 1.71. The summed E-state index contributed by atoms with van der Waals surface area (Å²) in [6.07, 6.45) is 3.85. The van der Waals surface area contributed by atoms with Gasteiger partial charge in [-0.1, -0.05) is 0 Å². The predicted molar refractivity (Wildman–Crippen MR) is 88.0 cm³/mol. The Morgan fingerprint density at radius 1 is 1.44 bits per heavy atom. The van der Waals surface area contributed by atoms with E-state index in [-0.39, 0.29) is 24.0 Å². The lowest BCUT2D eigenvalue weighted by molar-refractivity contribution is 0.380. The minimum atomic E-state index is 0. The van der Waals surface area contributed by atoms with Crippen molar-refractivity contribution in [1.29, 1.82) is 0 Å². The molecule has 1 heterocycles. The van der Waals surface area contributed by atoms with Gasteiger partial charge in [-0.2, -0.15) is 0 Å². The first-order valence-electron chi connectivity index (χ1n) is 6.09. The van der Waals surface area contributed by atoms with Gasteiger partial charge in [0.05, 0.1) is 12.2 Å².